The number of aliphatic imine (C=N–C) groups is 1. The molecular weight excluding hydrogens is 202 g/mol. The van der Waals surface area contributed by atoms with Gasteiger partial charge in [-0.15, -0.1) is 0 Å². The van der Waals surface area contributed by atoms with Crippen molar-refractivity contribution in [3.8, 4) is 0 Å². The van der Waals surface area contributed by atoms with Gasteiger partial charge in [-0.3, -0.25) is 4.99 Å². The van der Waals surface area contributed by atoms with Gasteiger partial charge >= 0.3 is 0 Å². The first-order valence-corrected chi connectivity index (χ1v) is 5.53. The van der Waals surface area contributed by atoms with Crippen LogP contribution in [0.3, 0.4) is 0 Å². The minimum absolute atomic E-state index is 0.167. The number of nitrogens with zero attached hydrogens (tertiary/aromatic N) is 1. The van der Waals surface area contributed by atoms with E-state index in [0.717, 1.165) is 5.71 Å². The van der Waals surface area contributed by atoms with Crippen molar-refractivity contribution in [3.63, 3.8) is 0 Å². The smallest absolute Gasteiger partial charge is 0.126 e. The van der Waals surface area contributed by atoms with Crippen molar-refractivity contribution in [3.05, 3.63) is 0 Å². The van der Waals surface area contributed by atoms with Crippen LogP contribution in [0.4, 0.5) is 0 Å². The summed E-state index contributed by atoms with van der Waals surface area (Å²) in [4.78, 5) is 13.2. The Bertz CT molecular complexity index is 146. The molecule has 16 heavy (non-hydrogen) atoms. The van der Waals surface area contributed by atoms with Gasteiger partial charge in [-0.05, 0) is 34.7 Å². The van der Waals surface area contributed by atoms with E-state index in [1.807, 2.05) is 20.9 Å². The number of ketones is 1. The average molecular weight is 234 g/mol. The molecule has 0 rings (SSSR count). The van der Waals surface area contributed by atoms with Crippen LogP contribution in [0.25, 0.3) is 0 Å². The van der Waals surface area contributed by atoms with E-state index in [1.165, 1.54) is 13.8 Å². The van der Waals surface area contributed by atoms with Crippen molar-refractivity contribution in [1.82, 2.24) is 5.32 Å². The summed E-state index contributed by atoms with van der Waals surface area (Å²) >= 11 is 0. The first-order chi connectivity index (χ1) is 7.27. The second kappa shape index (κ2) is 23.8. The molecule has 0 heterocycles. The average Bonchev–Trinajstić information content (AvgIpc) is 2.20. The highest BCUT2D eigenvalue weighted by molar-refractivity contribution is 5.78. The lowest BCUT2D eigenvalue weighted by Gasteiger charge is -1.95. The Morgan fingerprint density at radius 2 is 1.25 bits per heavy atom. The van der Waals surface area contributed by atoms with E-state index in [2.05, 4.69) is 29.9 Å². The molecule has 0 aliphatic carbocycles. The second-order valence-electron chi connectivity index (χ2n) is 3.52. The third kappa shape index (κ3) is 188. The van der Waals surface area contributed by atoms with Crippen molar-refractivity contribution in [1.29, 1.82) is 0 Å². The molecule has 0 aliphatic rings. The molecule has 0 fully saturated rings. The van der Waals surface area contributed by atoms with Crippen LogP contribution in [0.2, 0.25) is 0 Å². The fourth-order valence-electron chi connectivity index (χ4n) is 0. The molecule has 0 aromatic carbocycles. The quantitative estimate of drug-likeness (QED) is 0.669. The van der Waals surface area contributed by atoms with Crippen LogP contribution in [0.5, 0.6) is 0 Å². The zero-order valence-electron chi connectivity index (χ0n) is 12.6. The van der Waals surface area contributed by atoms with Gasteiger partial charge in [0.2, 0.25) is 0 Å². The van der Waals surface area contributed by atoms with Crippen molar-refractivity contribution in [2.45, 2.75) is 47.6 Å². The number of Topliss-reactive ketones (excluding diaryl/α,β-unsaturated/α-hetero) is 1. The summed E-state index contributed by atoms with van der Waals surface area (Å²) in [7, 11) is 5.49. The molecule has 0 aliphatic heterocycles. The highest BCUT2D eigenvalue weighted by atomic mass is 16.1. The van der Waals surface area contributed by atoms with E-state index in [1.54, 1.807) is 14.1 Å². The van der Waals surface area contributed by atoms with Gasteiger partial charge in [0.1, 0.15) is 5.78 Å². The van der Waals surface area contributed by atoms with Crippen molar-refractivity contribution in [2.24, 2.45) is 4.99 Å². The molecule has 0 saturated heterocycles. The maximum atomic E-state index is 9.44. The van der Waals surface area contributed by atoms with Crippen LogP contribution < -0.4 is 11.1 Å². The lowest BCUT2D eigenvalue weighted by molar-refractivity contribution is -0.325. The molecule has 0 bridgehead atoms. The molecule has 0 spiro atoms. The van der Waals surface area contributed by atoms with Gasteiger partial charge in [-0.1, -0.05) is 13.8 Å². The molecule has 4 N–H and O–H groups in total. The molecule has 0 saturated carbocycles. The Labute approximate surface area is 102 Å². The normalized spacial score (nSPS) is 7.19. The molecule has 4 nitrogen and oxygen atoms in total. The van der Waals surface area contributed by atoms with Crippen molar-refractivity contribution < 1.29 is 10.5 Å². The zero-order valence-corrected chi connectivity index (χ0v) is 12.6. The molecule has 0 amide bonds. The van der Waals surface area contributed by atoms with E-state index in [4.69, 9.17) is 0 Å². The van der Waals surface area contributed by atoms with Gasteiger partial charge in [0.15, 0.2) is 0 Å². The minimum Gasteiger partial charge on any atom is -0.360 e. The fourth-order valence-corrected chi connectivity index (χ4v) is 0. The zero-order chi connectivity index (χ0) is 14.1. The summed E-state index contributed by atoms with van der Waals surface area (Å²) in [6.45, 7) is 11.2. The van der Waals surface area contributed by atoms with E-state index in [-0.39, 0.29) is 5.78 Å². The van der Waals surface area contributed by atoms with Crippen LogP contribution >= 0.6 is 0 Å². The van der Waals surface area contributed by atoms with Crippen LogP contribution in [0.1, 0.15) is 41.5 Å². The van der Waals surface area contributed by atoms with Crippen LogP contribution in [0, 0.1) is 0 Å². The monoisotopic (exact) mass is 234 g/mol. The Morgan fingerprint density at radius 1 is 1.12 bits per heavy atom. The van der Waals surface area contributed by atoms with Gasteiger partial charge in [0.05, 0.1) is 7.05 Å². The van der Waals surface area contributed by atoms with Crippen molar-refractivity contribution >= 4 is 11.5 Å². The third-order valence-corrected chi connectivity index (χ3v) is 1.02. The Kier molecular flexibility index (Phi) is 36.4. The summed E-state index contributed by atoms with van der Waals surface area (Å²) in [5.74, 6) is 0.167. The molecule has 0 atom stereocenters. The lowest BCUT2D eigenvalue weighted by atomic mass is 10.4. The number of quaternary nitrogens is 1. The van der Waals surface area contributed by atoms with E-state index in [9.17, 15) is 4.79 Å². The topological polar surface area (TPSA) is 69.1 Å². The fraction of sp³-hybridized carbons (Fsp3) is 0.833. The van der Waals surface area contributed by atoms with Crippen molar-refractivity contribution in [2.75, 3.05) is 21.1 Å². The first kappa shape index (κ1) is 24.5. The van der Waals surface area contributed by atoms with E-state index in [0.29, 0.717) is 6.04 Å². The molecular formula is C12H32N3O+. The van der Waals surface area contributed by atoms with Gasteiger partial charge in [0, 0.05) is 18.8 Å². The SMILES string of the molecule is CC(C)=O.CN=C(C)C.CNC(C)C.C[NH3+]. The van der Waals surface area contributed by atoms with Crippen LogP contribution in [-0.4, -0.2) is 38.7 Å². The Balaban J connectivity index is -0.0000000629. The van der Waals surface area contributed by atoms with Gasteiger partial charge in [-0.2, -0.15) is 0 Å². The van der Waals surface area contributed by atoms with E-state index < -0.39 is 0 Å². The number of hydrogen-bond donors (Lipinski definition) is 2. The number of carbonyl (C=O) groups excluding carboxylic acids is 1. The minimum atomic E-state index is 0.167. The summed E-state index contributed by atoms with van der Waals surface area (Å²) in [6, 6.07) is 0.634. The molecule has 0 radical (unpaired) electrons. The van der Waals surface area contributed by atoms with Gasteiger partial charge in [0.25, 0.3) is 0 Å². The summed E-state index contributed by atoms with van der Waals surface area (Å²) < 4.78 is 0. The van der Waals surface area contributed by atoms with Crippen LogP contribution in [-0.2, 0) is 4.79 Å². The predicted octanol–water partition coefficient (Wildman–Crippen LogP) is 1.16. The maximum absolute atomic E-state index is 9.44. The second-order valence-corrected chi connectivity index (χ2v) is 3.52. The van der Waals surface area contributed by atoms with Crippen LogP contribution in [0.15, 0.2) is 4.99 Å². The summed E-state index contributed by atoms with van der Waals surface area (Å²) in [5, 5.41) is 3.03. The largest absolute Gasteiger partial charge is 0.360 e. The molecule has 100 valence electrons. The number of hydrogen-bond acceptors (Lipinski definition) is 3. The number of nitrogens with one attached hydrogen (secondary N) is 1. The Hall–Kier alpha value is -0.740. The summed E-state index contributed by atoms with van der Waals surface area (Å²) in [6.07, 6.45) is 0. The predicted molar refractivity (Wildman–Crippen MR) is 74.1 cm³/mol. The molecule has 4 heteroatoms. The lowest BCUT2D eigenvalue weighted by Crippen LogP contribution is -2.40. The highest BCUT2D eigenvalue weighted by Crippen LogP contribution is 1.66. The number of carbonyl (C=O) groups is 1. The molecule has 0 unspecified atom stereocenters. The first-order valence-electron chi connectivity index (χ1n) is 5.53. The molecule has 0 aromatic rings. The standard InChI is InChI=1S/C4H11N.C4H9N.C3H6O.CH5N/c2*1-4(2)5-3;1-3(2)4;1-2/h4-5H,1-3H3;1-3H3;1-2H3;2H2,1H3/p+1. The van der Waals surface area contributed by atoms with E-state index >= 15 is 0 Å². The third-order valence-electron chi connectivity index (χ3n) is 1.02. The van der Waals surface area contributed by atoms with Gasteiger partial charge < -0.3 is 15.8 Å². The molecule has 0 aromatic heterocycles. The summed E-state index contributed by atoms with van der Waals surface area (Å²) in [5.41, 5.74) is 4.38. The number of rotatable bonds is 1. The van der Waals surface area contributed by atoms with Gasteiger partial charge in [-0.25, -0.2) is 0 Å². The highest BCUT2D eigenvalue weighted by Gasteiger charge is 1.76. The Morgan fingerprint density at radius 3 is 1.25 bits per heavy atom. The maximum Gasteiger partial charge on any atom is 0.126 e.